The summed E-state index contributed by atoms with van der Waals surface area (Å²) in [5.74, 6) is -2.42. The molecular weight excluding hydrogens is 893 g/mol. The number of hydrogen-bond donors (Lipinski definition) is 9. The van der Waals surface area contributed by atoms with Crippen molar-refractivity contribution >= 4 is 103 Å². The number of halogens is 3. The molecule has 0 aliphatic rings. The Labute approximate surface area is 282 Å². The lowest BCUT2D eigenvalue weighted by Gasteiger charge is -2.31. The quantitative estimate of drug-likeness (QED) is 0.126. The van der Waals surface area contributed by atoms with Gasteiger partial charge in [-0.25, -0.2) is 0 Å². The van der Waals surface area contributed by atoms with E-state index >= 15 is 0 Å². The fourth-order valence-corrected chi connectivity index (χ4v) is 8.05. The van der Waals surface area contributed by atoms with Crippen LogP contribution >= 0.6 is 67.8 Å². The van der Waals surface area contributed by atoms with E-state index in [0.717, 1.165) is 0 Å². The minimum Gasteiger partial charge on any atom is -0.394 e. The van der Waals surface area contributed by atoms with Gasteiger partial charge < -0.3 is 46.8 Å². The number of benzene rings is 2. The van der Waals surface area contributed by atoms with Crippen LogP contribution < -0.4 is 21.3 Å². The first-order valence-corrected chi connectivity index (χ1v) is 15.6. The van der Waals surface area contributed by atoms with Crippen molar-refractivity contribution in [3.63, 3.8) is 0 Å². The fraction of sp³-hybridized carbons (Fsp3) is 0.385. The van der Waals surface area contributed by atoms with Gasteiger partial charge in [-0.15, -0.1) is 0 Å². The van der Waals surface area contributed by atoms with Gasteiger partial charge in [0.1, 0.15) is 18.2 Å². The average Bonchev–Trinajstić information content (AvgIpc) is 2.94. The number of amides is 4. The van der Waals surface area contributed by atoms with Gasteiger partial charge >= 0.3 is 0 Å². The van der Waals surface area contributed by atoms with E-state index in [-0.39, 0.29) is 23.4 Å². The van der Waals surface area contributed by atoms with Crippen LogP contribution in [0.3, 0.4) is 0 Å². The maximum absolute atomic E-state index is 13.8. The maximum atomic E-state index is 13.8. The summed E-state index contributed by atoms with van der Waals surface area (Å²) in [6, 6.07) is 5.77. The van der Waals surface area contributed by atoms with Gasteiger partial charge in [0.2, 0.25) is 17.7 Å². The molecule has 0 aliphatic carbocycles. The predicted molar refractivity (Wildman–Crippen MR) is 179 cm³/mol. The molecule has 2 aromatic rings. The molecule has 42 heavy (non-hydrogen) atoms. The standard InChI is InChI=1S/C26H31I3N4O9/c1-11(36)30-22-18(27)17(19(28)23(20(22)29)31-12(2)37)26(42)32-14(8-13-6-4-3-5-7-13)25(41)33-21(15(38)9-34)24(40)16(39)10-35/h3-7,14-16,21,24,34-35,38-40H,8-10H2,1-2H3,(H,30,36)(H,31,37)(H,32,42)(H,33,41)/t14-,15-,16+,21+,24-/m0/s1. The maximum Gasteiger partial charge on any atom is 0.254 e. The lowest BCUT2D eigenvalue weighted by molar-refractivity contribution is -0.128. The zero-order chi connectivity index (χ0) is 31.7. The number of carbonyl (C=O) groups is 4. The normalized spacial score (nSPS) is 14.6. The monoisotopic (exact) mass is 924 g/mol. The number of aliphatic hydroxyl groups is 5. The van der Waals surface area contributed by atoms with Crippen LogP contribution in [-0.2, 0) is 20.8 Å². The van der Waals surface area contributed by atoms with Crippen LogP contribution in [0.25, 0.3) is 0 Å². The van der Waals surface area contributed by atoms with Gasteiger partial charge in [0.05, 0.1) is 53.0 Å². The second-order valence-corrected chi connectivity index (χ2v) is 12.4. The van der Waals surface area contributed by atoms with Gasteiger partial charge in [-0.1, -0.05) is 30.3 Å². The number of nitrogens with one attached hydrogen (secondary N) is 4. The summed E-state index contributed by atoms with van der Waals surface area (Å²) in [4.78, 5) is 51.2. The van der Waals surface area contributed by atoms with Crippen molar-refractivity contribution in [3.05, 3.63) is 52.2 Å². The van der Waals surface area contributed by atoms with Crippen LogP contribution in [0.1, 0.15) is 29.8 Å². The van der Waals surface area contributed by atoms with E-state index in [1.54, 1.807) is 30.3 Å². The van der Waals surface area contributed by atoms with Gasteiger partial charge in [0.25, 0.3) is 5.91 Å². The van der Waals surface area contributed by atoms with Gasteiger partial charge in [0, 0.05) is 20.3 Å². The minimum absolute atomic E-state index is 0.0341. The van der Waals surface area contributed by atoms with E-state index in [4.69, 9.17) is 0 Å². The molecule has 5 atom stereocenters. The summed E-state index contributed by atoms with van der Waals surface area (Å²) >= 11 is 5.72. The van der Waals surface area contributed by atoms with Crippen molar-refractivity contribution in [2.45, 2.75) is 50.7 Å². The van der Waals surface area contributed by atoms with Gasteiger partial charge in [-0.3, -0.25) is 19.2 Å². The van der Waals surface area contributed by atoms with E-state index in [2.05, 4.69) is 21.3 Å². The van der Waals surface area contributed by atoms with E-state index in [0.29, 0.717) is 16.3 Å². The molecule has 0 fully saturated rings. The summed E-state index contributed by atoms with van der Waals surface area (Å²) in [5.41, 5.74) is 1.29. The molecule has 0 saturated heterocycles. The smallest absolute Gasteiger partial charge is 0.254 e. The molecule has 0 heterocycles. The summed E-state index contributed by atoms with van der Waals surface area (Å²) in [7, 11) is 0. The fourth-order valence-electron chi connectivity index (χ4n) is 3.86. The van der Waals surface area contributed by atoms with Crippen molar-refractivity contribution in [1.82, 2.24) is 10.6 Å². The highest BCUT2D eigenvalue weighted by Gasteiger charge is 2.35. The zero-order valence-corrected chi connectivity index (χ0v) is 28.9. The predicted octanol–water partition coefficient (Wildman–Crippen LogP) is 0.310. The van der Waals surface area contributed by atoms with Crippen LogP contribution in [0.15, 0.2) is 30.3 Å². The molecule has 9 N–H and O–H groups in total. The molecule has 16 heteroatoms. The summed E-state index contributed by atoms with van der Waals surface area (Å²) in [6.45, 7) is 0.822. The molecule has 2 aromatic carbocycles. The number of carbonyl (C=O) groups excluding carboxylic acids is 4. The highest BCUT2D eigenvalue weighted by Crippen LogP contribution is 2.39. The zero-order valence-electron chi connectivity index (χ0n) is 22.4. The van der Waals surface area contributed by atoms with E-state index < -0.39 is 67.2 Å². The van der Waals surface area contributed by atoms with Gasteiger partial charge in [0.15, 0.2) is 0 Å². The Balaban J connectivity index is 2.57. The lowest BCUT2D eigenvalue weighted by Crippen LogP contribution is -2.60. The Morgan fingerprint density at radius 3 is 1.71 bits per heavy atom. The first kappa shape index (κ1) is 36.5. The highest BCUT2D eigenvalue weighted by atomic mass is 127. The Morgan fingerprint density at radius 1 is 0.762 bits per heavy atom. The molecule has 0 bridgehead atoms. The number of aliphatic hydroxyl groups excluding tert-OH is 5. The molecular formula is C26H31I3N4O9. The molecule has 13 nitrogen and oxygen atoms in total. The summed E-state index contributed by atoms with van der Waals surface area (Å²) < 4.78 is 1.17. The molecule has 0 radical (unpaired) electrons. The van der Waals surface area contributed by atoms with E-state index in [1.165, 1.54) is 13.8 Å². The second kappa shape index (κ2) is 17.0. The molecule has 0 aromatic heterocycles. The first-order chi connectivity index (χ1) is 19.7. The second-order valence-electron chi connectivity index (χ2n) is 9.17. The van der Waals surface area contributed by atoms with Crippen LogP contribution in [0.4, 0.5) is 11.4 Å². The van der Waals surface area contributed by atoms with Crippen LogP contribution in [-0.4, -0.2) is 92.8 Å². The molecule has 0 spiro atoms. The average molecular weight is 924 g/mol. The van der Waals surface area contributed by atoms with Crippen molar-refractivity contribution in [1.29, 1.82) is 0 Å². The van der Waals surface area contributed by atoms with Crippen LogP contribution in [0.2, 0.25) is 0 Å². The Morgan fingerprint density at radius 2 is 1.26 bits per heavy atom. The molecule has 0 aliphatic heterocycles. The summed E-state index contributed by atoms with van der Waals surface area (Å²) in [5, 5.41) is 59.6. The number of anilines is 2. The Kier molecular flexibility index (Phi) is 14.7. The topological polar surface area (TPSA) is 218 Å². The number of hydrogen-bond acceptors (Lipinski definition) is 9. The first-order valence-electron chi connectivity index (χ1n) is 12.4. The number of rotatable bonds is 13. The van der Waals surface area contributed by atoms with Crippen molar-refractivity contribution in [2.75, 3.05) is 23.8 Å². The van der Waals surface area contributed by atoms with Gasteiger partial charge in [-0.05, 0) is 73.3 Å². The third-order valence-electron chi connectivity index (χ3n) is 5.91. The van der Waals surface area contributed by atoms with Crippen molar-refractivity contribution in [2.24, 2.45) is 0 Å². The van der Waals surface area contributed by atoms with Crippen LogP contribution in [0.5, 0.6) is 0 Å². The molecule has 0 unspecified atom stereocenters. The summed E-state index contributed by atoms with van der Waals surface area (Å²) in [6.07, 6.45) is -5.34. The van der Waals surface area contributed by atoms with E-state index in [1.807, 2.05) is 67.8 Å². The Hall–Kier alpha value is -1.69. The largest absolute Gasteiger partial charge is 0.394 e. The van der Waals surface area contributed by atoms with Crippen molar-refractivity contribution < 1.29 is 44.7 Å². The third kappa shape index (κ3) is 9.66. The lowest BCUT2D eigenvalue weighted by atomic mass is 9.98. The SMILES string of the molecule is CC(=O)Nc1c(I)c(NC(C)=O)c(I)c(C(=O)N[C@@H](Cc2ccccc2)C(=O)N[C@@H]([C@@H](O)[C@H](O)CO)[C@@H](O)CO)c1I. The van der Waals surface area contributed by atoms with Gasteiger partial charge in [-0.2, -0.15) is 0 Å². The highest BCUT2D eigenvalue weighted by molar-refractivity contribution is 14.1. The molecule has 0 saturated carbocycles. The molecule has 4 amide bonds. The third-order valence-corrected chi connectivity index (χ3v) is 9.15. The van der Waals surface area contributed by atoms with E-state index in [9.17, 15) is 44.7 Å². The minimum atomic E-state index is -1.85. The Bertz CT molecular complexity index is 1260. The molecule has 2 rings (SSSR count). The van der Waals surface area contributed by atoms with Crippen LogP contribution in [0, 0.1) is 10.7 Å². The molecule has 230 valence electrons. The van der Waals surface area contributed by atoms with Crippen molar-refractivity contribution in [3.8, 4) is 0 Å².